The number of hydrogen-bond acceptors (Lipinski definition) is 3. The molecule has 2 N–H and O–H groups in total. The van der Waals surface area contributed by atoms with Crippen molar-refractivity contribution in [1.29, 1.82) is 0 Å². The highest BCUT2D eigenvalue weighted by molar-refractivity contribution is 4.87. The van der Waals surface area contributed by atoms with Crippen molar-refractivity contribution >= 4 is 0 Å². The van der Waals surface area contributed by atoms with Gasteiger partial charge in [-0.1, -0.05) is 0 Å². The Kier molecular flexibility index (Phi) is 2.11. The van der Waals surface area contributed by atoms with Crippen molar-refractivity contribution in [2.45, 2.75) is 25.0 Å². The minimum atomic E-state index is 0.0364. The molecule has 1 aliphatic heterocycles. The van der Waals surface area contributed by atoms with Crippen LogP contribution >= 0.6 is 0 Å². The van der Waals surface area contributed by atoms with E-state index in [1.54, 1.807) is 0 Å². The first-order valence-electron chi connectivity index (χ1n) is 4.37. The Labute approximate surface area is 66.7 Å². The Morgan fingerprint density at radius 3 is 2.82 bits per heavy atom. The standard InChI is InChI=1S/C8H15NO2/c10-5-7-3-9-4-8(11-7)6-1-2-6/h6-10H,1-5H2. The molecule has 0 radical (unpaired) electrons. The normalized spacial score (nSPS) is 39.0. The molecule has 2 fully saturated rings. The number of morpholine rings is 1. The fourth-order valence-electron chi connectivity index (χ4n) is 1.58. The van der Waals surface area contributed by atoms with E-state index < -0.39 is 0 Å². The zero-order valence-electron chi connectivity index (χ0n) is 6.62. The molecule has 1 heterocycles. The Hall–Kier alpha value is -0.120. The summed E-state index contributed by atoms with van der Waals surface area (Å²) in [5.41, 5.74) is 0. The van der Waals surface area contributed by atoms with E-state index in [2.05, 4.69) is 5.32 Å². The minimum Gasteiger partial charge on any atom is -0.394 e. The summed E-state index contributed by atoms with van der Waals surface area (Å²) in [6.45, 7) is 1.93. The van der Waals surface area contributed by atoms with Crippen LogP contribution in [-0.4, -0.2) is 37.0 Å². The van der Waals surface area contributed by atoms with Gasteiger partial charge in [-0.2, -0.15) is 0 Å². The van der Waals surface area contributed by atoms with Gasteiger partial charge in [-0.25, -0.2) is 0 Å². The number of rotatable bonds is 2. The molecular formula is C8H15NO2. The van der Waals surface area contributed by atoms with E-state index in [1.807, 2.05) is 0 Å². The van der Waals surface area contributed by atoms with Crippen molar-refractivity contribution in [2.75, 3.05) is 19.7 Å². The second-order valence-corrected chi connectivity index (χ2v) is 3.47. The quantitative estimate of drug-likeness (QED) is 0.580. The summed E-state index contributed by atoms with van der Waals surface area (Å²) in [4.78, 5) is 0. The molecule has 3 nitrogen and oxygen atoms in total. The van der Waals surface area contributed by atoms with Crippen molar-refractivity contribution < 1.29 is 9.84 Å². The summed E-state index contributed by atoms with van der Waals surface area (Å²) in [6, 6.07) is 0. The van der Waals surface area contributed by atoms with Crippen LogP contribution < -0.4 is 5.32 Å². The first-order valence-corrected chi connectivity index (χ1v) is 4.37. The van der Waals surface area contributed by atoms with Crippen LogP contribution in [-0.2, 0) is 4.74 Å². The lowest BCUT2D eigenvalue weighted by atomic mass is 10.2. The van der Waals surface area contributed by atoms with Crippen LogP contribution in [0.1, 0.15) is 12.8 Å². The molecule has 11 heavy (non-hydrogen) atoms. The van der Waals surface area contributed by atoms with Gasteiger partial charge in [-0.3, -0.25) is 0 Å². The molecule has 3 heteroatoms. The summed E-state index contributed by atoms with van der Waals surface area (Å²) >= 11 is 0. The Morgan fingerprint density at radius 1 is 1.36 bits per heavy atom. The van der Waals surface area contributed by atoms with Crippen LogP contribution in [0.25, 0.3) is 0 Å². The molecule has 1 saturated carbocycles. The average molecular weight is 157 g/mol. The van der Waals surface area contributed by atoms with E-state index >= 15 is 0 Å². The average Bonchev–Trinajstić information content (AvgIpc) is 2.87. The molecule has 0 aromatic heterocycles. The maximum Gasteiger partial charge on any atom is 0.0934 e. The maximum absolute atomic E-state index is 8.85. The monoisotopic (exact) mass is 157 g/mol. The molecule has 0 spiro atoms. The van der Waals surface area contributed by atoms with E-state index in [4.69, 9.17) is 9.84 Å². The molecule has 2 atom stereocenters. The Balaban J connectivity index is 1.82. The lowest BCUT2D eigenvalue weighted by Crippen LogP contribution is -2.47. The molecule has 0 bridgehead atoms. The lowest BCUT2D eigenvalue weighted by molar-refractivity contribution is -0.0690. The number of nitrogens with one attached hydrogen (secondary N) is 1. The second kappa shape index (κ2) is 3.09. The summed E-state index contributed by atoms with van der Waals surface area (Å²) in [5, 5.41) is 12.1. The van der Waals surface area contributed by atoms with Gasteiger partial charge in [-0.15, -0.1) is 0 Å². The van der Waals surface area contributed by atoms with Gasteiger partial charge in [0.2, 0.25) is 0 Å². The van der Waals surface area contributed by atoms with Crippen LogP contribution in [0.2, 0.25) is 0 Å². The van der Waals surface area contributed by atoms with Gasteiger partial charge in [0, 0.05) is 13.1 Å². The first-order chi connectivity index (χ1) is 5.40. The number of ether oxygens (including phenoxy) is 1. The SMILES string of the molecule is OCC1CNCC(C2CC2)O1. The number of aliphatic hydroxyl groups is 1. The van der Waals surface area contributed by atoms with Crippen molar-refractivity contribution in [1.82, 2.24) is 5.32 Å². The lowest BCUT2D eigenvalue weighted by Gasteiger charge is -2.29. The van der Waals surface area contributed by atoms with Gasteiger partial charge in [0.15, 0.2) is 0 Å². The Bertz CT molecular complexity index is 136. The van der Waals surface area contributed by atoms with Crippen molar-refractivity contribution in [3.05, 3.63) is 0 Å². The van der Waals surface area contributed by atoms with Gasteiger partial charge in [0.25, 0.3) is 0 Å². The highest BCUT2D eigenvalue weighted by Crippen LogP contribution is 2.35. The predicted molar refractivity (Wildman–Crippen MR) is 41.3 cm³/mol. The highest BCUT2D eigenvalue weighted by Gasteiger charge is 2.35. The molecule has 64 valence electrons. The van der Waals surface area contributed by atoms with E-state index in [0.29, 0.717) is 6.10 Å². The summed E-state index contributed by atoms with van der Waals surface area (Å²) in [6.07, 6.45) is 3.03. The van der Waals surface area contributed by atoms with Crippen LogP contribution in [0, 0.1) is 5.92 Å². The maximum atomic E-state index is 8.85. The Morgan fingerprint density at radius 2 is 2.18 bits per heavy atom. The minimum absolute atomic E-state index is 0.0364. The molecule has 1 saturated heterocycles. The molecule has 2 aliphatic rings. The van der Waals surface area contributed by atoms with Gasteiger partial charge >= 0.3 is 0 Å². The zero-order valence-corrected chi connectivity index (χ0v) is 6.62. The summed E-state index contributed by atoms with van der Waals surface area (Å²) in [5.74, 6) is 0.775. The molecule has 0 aromatic rings. The third kappa shape index (κ3) is 1.72. The number of aliphatic hydroxyl groups excluding tert-OH is 1. The van der Waals surface area contributed by atoms with Crippen LogP contribution in [0.3, 0.4) is 0 Å². The van der Waals surface area contributed by atoms with Crippen molar-refractivity contribution in [3.8, 4) is 0 Å². The van der Waals surface area contributed by atoms with E-state index in [-0.39, 0.29) is 12.7 Å². The molecule has 2 rings (SSSR count). The smallest absolute Gasteiger partial charge is 0.0934 e. The third-order valence-corrected chi connectivity index (χ3v) is 2.44. The topological polar surface area (TPSA) is 41.5 Å². The first kappa shape index (κ1) is 7.53. The van der Waals surface area contributed by atoms with Crippen LogP contribution in [0.15, 0.2) is 0 Å². The van der Waals surface area contributed by atoms with E-state index in [1.165, 1.54) is 12.8 Å². The van der Waals surface area contributed by atoms with E-state index in [0.717, 1.165) is 19.0 Å². The molecule has 0 amide bonds. The third-order valence-electron chi connectivity index (χ3n) is 2.44. The zero-order chi connectivity index (χ0) is 7.68. The van der Waals surface area contributed by atoms with E-state index in [9.17, 15) is 0 Å². The summed E-state index contributed by atoms with van der Waals surface area (Å²) in [7, 11) is 0. The van der Waals surface area contributed by atoms with Gasteiger partial charge in [0.1, 0.15) is 0 Å². The van der Waals surface area contributed by atoms with Crippen LogP contribution in [0.5, 0.6) is 0 Å². The largest absolute Gasteiger partial charge is 0.394 e. The highest BCUT2D eigenvalue weighted by atomic mass is 16.5. The number of hydrogen-bond donors (Lipinski definition) is 2. The second-order valence-electron chi connectivity index (χ2n) is 3.47. The molecule has 2 unspecified atom stereocenters. The van der Waals surface area contributed by atoms with Gasteiger partial charge in [0.05, 0.1) is 18.8 Å². The van der Waals surface area contributed by atoms with Gasteiger partial charge in [-0.05, 0) is 18.8 Å². The molecular weight excluding hydrogens is 142 g/mol. The van der Waals surface area contributed by atoms with Crippen LogP contribution in [0.4, 0.5) is 0 Å². The fourth-order valence-corrected chi connectivity index (χ4v) is 1.58. The van der Waals surface area contributed by atoms with Crippen molar-refractivity contribution in [2.24, 2.45) is 5.92 Å². The molecule has 1 aliphatic carbocycles. The predicted octanol–water partition coefficient (Wildman–Crippen LogP) is -0.254. The van der Waals surface area contributed by atoms with Gasteiger partial charge < -0.3 is 15.2 Å². The summed E-state index contributed by atoms with van der Waals surface area (Å²) < 4.78 is 5.65. The van der Waals surface area contributed by atoms with Crippen molar-refractivity contribution in [3.63, 3.8) is 0 Å². The fraction of sp³-hybridized carbons (Fsp3) is 1.00. The molecule has 0 aromatic carbocycles.